The first-order chi connectivity index (χ1) is 10.4. The molecule has 1 aromatic heterocycles. The van der Waals surface area contributed by atoms with Crippen LogP contribution in [0.15, 0.2) is 24.4 Å². The van der Waals surface area contributed by atoms with Crippen LogP contribution in [0.2, 0.25) is 10.0 Å². The van der Waals surface area contributed by atoms with Crippen molar-refractivity contribution in [1.82, 2.24) is 14.6 Å². The second-order valence-electron chi connectivity index (χ2n) is 5.23. The van der Waals surface area contributed by atoms with Crippen molar-refractivity contribution < 1.29 is 9.94 Å². The molecule has 7 heteroatoms. The van der Waals surface area contributed by atoms with Crippen LogP contribution in [0, 0.1) is 0 Å². The van der Waals surface area contributed by atoms with E-state index in [4.69, 9.17) is 28.0 Å². The third-order valence-corrected chi connectivity index (χ3v) is 4.01. The van der Waals surface area contributed by atoms with Crippen LogP contribution in [0.5, 0.6) is 0 Å². The predicted octanol–water partition coefficient (Wildman–Crippen LogP) is 2.43. The number of aliphatic hydroxyl groups is 1. The van der Waals surface area contributed by atoms with Gasteiger partial charge < -0.3 is 14.8 Å². The lowest BCUT2D eigenvalue weighted by Crippen LogP contribution is -2.15. The number of hydrogen-bond acceptors (Lipinski definition) is 4. The highest BCUT2D eigenvalue weighted by atomic mass is 35.5. The average Bonchev–Trinajstić information content (AvgIpc) is 2.90. The Hall–Kier alpha value is -1.27. The fraction of sp³-hybridized carbons (Fsp3) is 0.400. The molecule has 0 saturated heterocycles. The summed E-state index contributed by atoms with van der Waals surface area (Å²) in [5, 5.41) is 11.4. The maximum Gasteiger partial charge on any atom is 0.178 e. The molecule has 0 fully saturated rings. The molecule has 0 saturated carbocycles. The molecule has 0 aliphatic rings. The SMILES string of the molecule is COn1cc(CCN(C)C)nc1C(O)c1ccc(Cl)c(Cl)c1. The van der Waals surface area contributed by atoms with E-state index in [1.165, 1.54) is 11.8 Å². The summed E-state index contributed by atoms with van der Waals surface area (Å²) in [6.07, 6.45) is 1.60. The summed E-state index contributed by atoms with van der Waals surface area (Å²) < 4.78 is 1.47. The van der Waals surface area contributed by atoms with Crippen molar-refractivity contribution in [3.05, 3.63) is 51.5 Å². The minimum atomic E-state index is -0.942. The summed E-state index contributed by atoms with van der Waals surface area (Å²) in [6.45, 7) is 0.864. The van der Waals surface area contributed by atoms with E-state index in [0.29, 0.717) is 21.4 Å². The molecular weight excluding hydrogens is 325 g/mol. The highest BCUT2D eigenvalue weighted by molar-refractivity contribution is 6.42. The molecular formula is C15H19Cl2N3O2. The molecule has 2 aromatic rings. The van der Waals surface area contributed by atoms with Crippen molar-refractivity contribution in [2.45, 2.75) is 12.5 Å². The van der Waals surface area contributed by atoms with Gasteiger partial charge in [0.1, 0.15) is 13.2 Å². The van der Waals surface area contributed by atoms with Gasteiger partial charge in [-0.1, -0.05) is 29.3 Å². The maximum atomic E-state index is 10.5. The van der Waals surface area contributed by atoms with Gasteiger partial charge in [0.25, 0.3) is 0 Å². The Balaban J connectivity index is 2.27. The zero-order valence-corrected chi connectivity index (χ0v) is 14.3. The van der Waals surface area contributed by atoms with Crippen molar-refractivity contribution >= 4 is 23.2 Å². The number of likely N-dealkylation sites (N-methyl/N-ethyl adjacent to an activating group) is 1. The lowest BCUT2D eigenvalue weighted by Gasteiger charge is -2.12. The molecule has 0 spiro atoms. The maximum absolute atomic E-state index is 10.5. The van der Waals surface area contributed by atoms with Crippen LogP contribution >= 0.6 is 23.2 Å². The molecule has 1 N–H and O–H groups in total. The van der Waals surface area contributed by atoms with Gasteiger partial charge in [-0.3, -0.25) is 0 Å². The van der Waals surface area contributed by atoms with Crippen molar-refractivity contribution in [2.24, 2.45) is 0 Å². The second kappa shape index (κ2) is 7.33. The van der Waals surface area contributed by atoms with Crippen LogP contribution in [0.25, 0.3) is 0 Å². The van der Waals surface area contributed by atoms with E-state index in [-0.39, 0.29) is 0 Å². The highest BCUT2D eigenvalue weighted by Gasteiger charge is 2.20. The molecule has 1 unspecified atom stereocenters. The van der Waals surface area contributed by atoms with E-state index < -0.39 is 6.10 Å². The number of hydrogen-bond donors (Lipinski definition) is 1. The quantitative estimate of drug-likeness (QED) is 0.875. The molecule has 120 valence electrons. The van der Waals surface area contributed by atoms with Gasteiger partial charge >= 0.3 is 0 Å². The summed E-state index contributed by atoms with van der Waals surface area (Å²) in [5.74, 6) is 0.412. The topological polar surface area (TPSA) is 50.5 Å². The van der Waals surface area contributed by atoms with Crippen LogP contribution in [-0.4, -0.2) is 47.5 Å². The molecule has 0 aliphatic carbocycles. The van der Waals surface area contributed by atoms with E-state index in [9.17, 15) is 5.11 Å². The number of imidazole rings is 1. The molecule has 1 heterocycles. The first-order valence-electron chi connectivity index (χ1n) is 6.82. The van der Waals surface area contributed by atoms with E-state index in [1.807, 2.05) is 14.1 Å². The van der Waals surface area contributed by atoms with Gasteiger partial charge in [0.2, 0.25) is 0 Å². The molecule has 0 aliphatic heterocycles. The Kier molecular flexibility index (Phi) is 5.69. The van der Waals surface area contributed by atoms with Crippen molar-refractivity contribution in [3.63, 3.8) is 0 Å². The molecule has 1 aromatic carbocycles. The zero-order chi connectivity index (χ0) is 16.3. The van der Waals surface area contributed by atoms with Crippen LogP contribution in [0.1, 0.15) is 23.2 Å². The molecule has 5 nitrogen and oxygen atoms in total. The number of benzene rings is 1. The Bertz CT molecular complexity index is 644. The Morgan fingerprint density at radius 3 is 2.64 bits per heavy atom. The van der Waals surface area contributed by atoms with Crippen LogP contribution in [-0.2, 0) is 6.42 Å². The minimum absolute atomic E-state index is 0.390. The fourth-order valence-corrected chi connectivity index (χ4v) is 2.35. The third kappa shape index (κ3) is 3.93. The summed E-state index contributed by atoms with van der Waals surface area (Å²) >= 11 is 11.9. The number of nitrogens with zero attached hydrogens (tertiary/aromatic N) is 3. The Labute approximate surface area is 140 Å². The first kappa shape index (κ1) is 17.1. The fourth-order valence-electron chi connectivity index (χ4n) is 2.04. The number of halogens is 2. The van der Waals surface area contributed by atoms with E-state index in [0.717, 1.165) is 18.7 Å². The summed E-state index contributed by atoms with van der Waals surface area (Å²) in [7, 11) is 5.53. The predicted molar refractivity (Wildman–Crippen MR) is 87.5 cm³/mol. The number of rotatable bonds is 6. The molecule has 22 heavy (non-hydrogen) atoms. The summed E-state index contributed by atoms with van der Waals surface area (Å²) in [4.78, 5) is 11.8. The largest absolute Gasteiger partial charge is 0.416 e. The minimum Gasteiger partial charge on any atom is -0.416 e. The van der Waals surface area contributed by atoms with Crippen molar-refractivity contribution in [3.8, 4) is 0 Å². The molecule has 0 bridgehead atoms. The third-order valence-electron chi connectivity index (χ3n) is 3.27. The van der Waals surface area contributed by atoms with E-state index in [2.05, 4.69) is 9.88 Å². The standard InChI is InChI=1S/C15H19Cl2N3O2/c1-19(2)7-6-11-9-20(22-3)15(18-11)14(21)10-4-5-12(16)13(17)8-10/h4-5,8-9,14,21H,6-7H2,1-3H3. The molecule has 0 amide bonds. The normalized spacial score (nSPS) is 12.7. The summed E-state index contributed by atoms with van der Waals surface area (Å²) in [5.41, 5.74) is 1.46. The lowest BCUT2D eigenvalue weighted by molar-refractivity contribution is 0.121. The summed E-state index contributed by atoms with van der Waals surface area (Å²) in [6, 6.07) is 4.99. The van der Waals surface area contributed by atoms with E-state index >= 15 is 0 Å². The smallest absolute Gasteiger partial charge is 0.178 e. The van der Waals surface area contributed by atoms with Gasteiger partial charge in [-0.25, -0.2) is 4.98 Å². The Morgan fingerprint density at radius 1 is 1.32 bits per heavy atom. The second-order valence-corrected chi connectivity index (χ2v) is 6.04. The van der Waals surface area contributed by atoms with Crippen molar-refractivity contribution in [1.29, 1.82) is 0 Å². The van der Waals surface area contributed by atoms with Crippen LogP contribution in [0.4, 0.5) is 0 Å². The number of aromatic nitrogens is 2. The van der Waals surface area contributed by atoms with E-state index in [1.54, 1.807) is 24.4 Å². The van der Waals surface area contributed by atoms with Crippen LogP contribution < -0.4 is 4.84 Å². The van der Waals surface area contributed by atoms with Gasteiger partial charge in [0.05, 0.1) is 21.9 Å². The van der Waals surface area contributed by atoms with Crippen LogP contribution in [0.3, 0.4) is 0 Å². The lowest BCUT2D eigenvalue weighted by atomic mass is 10.1. The number of aliphatic hydroxyl groups excluding tert-OH is 1. The zero-order valence-electron chi connectivity index (χ0n) is 12.8. The van der Waals surface area contributed by atoms with Gasteiger partial charge in [-0.15, -0.1) is 0 Å². The molecule has 2 rings (SSSR count). The molecule has 1 atom stereocenters. The van der Waals surface area contributed by atoms with Gasteiger partial charge in [0.15, 0.2) is 5.82 Å². The van der Waals surface area contributed by atoms with Gasteiger partial charge in [-0.2, -0.15) is 4.73 Å². The monoisotopic (exact) mass is 343 g/mol. The highest BCUT2D eigenvalue weighted by Crippen LogP contribution is 2.28. The van der Waals surface area contributed by atoms with Gasteiger partial charge in [-0.05, 0) is 31.8 Å². The Morgan fingerprint density at radius 2 is 2.05 bits per heavy atom. The van der Waals surface area contributed by atoms with Crippen molar-refractivity contribution in [2.75, 3.05) is 27.7 Å². The molecule has 0 radical (unpaired) electrons. The first-order valence-corrected chi connectivity index (χ1v) is 7.58. The van der Waals surface area contributed by atoms with Gasteiger partial charge in [0, 0.05) is 13.0 Å². The average molecular weight is 344 g/mol.